The molecule has 1 N–H and O–H groups in total. The van der Waals surface area contributed by atoms with E-state index in [2.05, 4.69) is 48.1 Å². The third-order valence-electron chi connectivity index (χ3n) is 2.94. The van der Waals surface area contributed by atoms with Crippen LogP contribution in [0.5, 0.6) is 0 Å². The van der Waals surface area contributed by atoms with Crippen molar-refractivity contribution < 1.29 is 4.74 Å². The van der Waals surface area contributed by atoms with Crippen LogP contribution in [0.15, 0.2) is 28.7 Å². The molecule has 0 saturated carbocycles. The number of methoxy groups -OCH3 is 1. The highest BCUT2D eigenvalue weighted by molar-refractivity contribution is 9.10. The summed E-state index contributed by atoms with van der Waals surface area (Å²) in [6.45, 7) is 7.85. The minimum atomic E-state index is 0.0851. The molecule has 1 aromatic carbocycles. The molecule has 0 aliphatic carbocycles. The monoisotopic (exact) mass is 368 g/mol. The van der Waals surface area contributed by atoms with E-state index in [-0.39, 0.29) is 5.54 Å². The van der Waals surface area contributed by atoms with Crippen molar-refractivity contribution >= 4 is 27.3 Å². The summed E-state index contributed by atoms with van der Waals surface area (Å²) < 4.78 is 6.35. The Hall–Kier alpha value is -0.750. The highest BCUT2D eigenvalue weighted by Gasteiger charge is 2.16. The number of nitrogens with one attached hydrogen (secondary N) is 1. The first-order valence-corrected chi connectivity index (χ1v) is 8.49. The Morgan fingerprint density at radius 1 is 1.29 bits per heavy atom. The minimum Gasteiger partial charge on any atom is -0.378 e. The highest BCUT2D eigenvalue weighted by atomic mass is 79.9. The second-order valence-corrected chi connectivity index (χ2v) is 7.84. The van der Waals surface area contributed by atoms with Crippen LogP contribution < -0.4 is 5.32 Å². The lowest BCUT2D eigenvalue weighted by Crippen LogP contribution is -2.35. The average Bonchev–Trinajstić information content (AvgIpc) is 2.80. The Bertz CT molecular complexity index is 605. The van der Waals surface area contributed by atoms with Gasteiger partial charge in [-0.25, -0.2) is 4.98 Å². The topological polar surface area (TPSA) is 34.1 Å². The molecule has 0 bridgehead atoms. The molecule has 5 heteroatoms. The summed E-state index contributed by atoms with van der Waals surface area (Å²) >= 11 is 5.32. The van der Waals surface area contributed by atoms with Gasteiger partial charge in [0.15, 0.2) is 0 Å². The van der Waals surface area contributed by atoms with Gasteiger partial charge in [-0.1, -0.05) is 34.1 Å². The summed E-state index contributed by atoms with van der Waals surface area (Å²) in [5.74, 6) is 0. The van der Waals surface area contributed by atoms with E-state index in [0.717, 1.165) is 27.3 Å². The van der Waals surface area contributed by atoms with Gasteiger partial charge in [0.1, 0.15) is 5.01 Å². The van der Waals surface area contributed by atoms with Gasteiger partial charge < -0.3 is 10.1 Å². The predicted octanol–water partition coefficient (Wildman–Crippen LogP) is 4.61. The van der Waals surface area contributed by atoms with Gasteiger partial charge >= 0.3 is 0 Å². The number of aromatic nitrogens is 1. The molecule has 114 valence electrons. The van der Waals surface area contributed by atoms with Crippen LogP contribution in [0.25, 0.3) is 10.6 Å². The standard InChI is InChI=1S/C16H21BrN2OS/c1-16(2,3)18-9-14-13(10-20-4)19-15(21-14)11-7-5-6-8-12(11)17/h5-8,18H,9-10H2,1-4H3. The van der Waals surface area contributed by atoms with E-state index in [9.17, 15) is 0 Å². The smallest absolute Gasteiger partial charge is 0.125 e. The Morgan fingerprint density at radius 2 is 2.00 bits per heavy atom. The number of rotatable bonds is 5. The first kappa shape index (κ1) is 16.6. The molecule has 1 heterocycles. The minimum absolute atomic E-state index is 0.0851. The molecule has 0 aliphatic heterocycles. The molecule has 0 amide bonds. The molecule has 0 spiro atoms. The van der Waals surface area contributed by atoms with Crippen LogP contribution in [0.3, 0.4) is 0 Å². The van der Waals surface area contributed by atoms with E-state index in [1.54, 1.807) is 18.4 Å². The molecule has 0 saturated heterocycles. The summed E-state index contributed by atoms with van der Waals surface area (Å²) in [6, 6.07) is 8.17. The van der Waals surface area contributed by atoms with Crippen LogP contribution in [-0.2, 0) is 17.9 Å². The first-order chi connectivity index (χ1) is 9.90. The van der Waals surface area contributed by atoms with Gasteiger partial charge in [-0.2, -0.15) is 0 Å². The SMILES string of the molecule is COCc1nc(-c2ccccc2Br)sc1CNC(C)(C)C. The maximum atomic E-state index is 5.28. The van der Waals surface area contributed by atoms with E-state index >= 15 is 0 Å². The van der Waals surface area contributed by atoms with Gasteiger partial charge in [-0.3, -0.25) is 0 Å². The van der Waals surface area contributed by atoms with Crippen molar-refractivity contribution in [3.63, 3.8) is 0 Å². The maximum Gasteiger partial charge on any atom is 0.125 e. The van der Waals surface area contributed by atoms with E-state index in [1.165, 1.54) is 4.88 Å². The van der Waals surface area contributed by atoms with Crippen LogP contribution >= 0.6 is 27.3 Å². The van der Waals surface area contributed by atoms with Crippen LogP contribution in [0.1, 0.15) is 31.3 Å². The predicted molar refractivity (Wildman–Crippen MR) is 92.6 cm³/mol. The molecule has 2 rings (SSSR count). The molecule has 1 aromatic heterocycles. The molecular weight excluding hydrogens is 348 g/mol. The van der Waals surface area contributed by atoms with Crippen molar-refractivity contribution in [2.45, 2.75) is 39.5 Å². The number of hydrogen-bond acceptors (Lipinski definition) is 4. The Kier molecular flexibility index (Phi) is 5.54. The van der Waals surface area contributed by atoms with Crippen molar-refractivity contribution in [1.29, 1.82) is 0 Å². The van der Waals surface area contributed by atoms with Gasteiger partial charge in [-0.05, 0) is 26.8 Å². The fraction of sp³-hybridized carbons (Fsp3) is 0.438. The van der Waals surface area contributed by atoms with E-state index < -0.39 is 0 Å². The fourth-order valence-corrected chi connectivity index (χ4v) is 3.51. The highest BCUT2D eigenvalue weighted by Crippen LogP contribution is 2.33. The van der Waals surface area contributed by atoms with Gasteiger partial charge in [0, 0.05) is 34.1 Å². The molecule has 0 unspecified atom stereocenters. The average molecular weight is 369 g/mol. The van der Waals surface area contributed by atoms with Crippen molar-refractivity contribution in [3.05, 3.63) is 39.3 Å². The largest absolute Gasteiger partial charge is 0.378 e. The molecule has 0 aliphatic rings. The second kappa shape index (κ2) is 7.01. The van der Waals surface area contributed by atoms with Gasteiger partial charge in [0.25, 0.3) is 0 Å². The third kappa shape index (κ3) is 4.61. The number of nitrogens with zero attached hydrogens (tertiary/aromatic N) is 1. The summed E-state index contributed by atoms with van der Waals surface area (Å²) in [6.07, 6.45) is 0. The van der Waals surface area contributed by atoms with Crippen molar-refractivity contribution in [3.8, 4) is 10.6 Å². The Morgan fingerprint density at radius 3 is 2.62 bits per heavy atom. The van der Waals surface area contributed by atoms with Crippen LogP contribution in [0.4, 0.5) is 0 Å². The van der Waals surface area contributed by atoms with Gasteiger partial charge in [0.2, 0.25) is 0 Å². The lowest BCUT2D eigenvalue weighted by molar-refractivity contribution is 0.181. The molecule has 0 atom stereocenters. The summed E-state index contributed by atoms with van der Waals surface area (Å²) in [5, 5.41) is 4.55. The molecule has 3 nitrogen and oxygen atoms in total. The summed E-state index contributed by atoms with van der Waals surface area (Å²) in [5.41, 5.74) is 2.23. The Balaban J connectivity index is 2.30. The summed E-state index contributed by atoms with van der Waals surface area (Å²) in [4.78, 5) is 5.99. The van der Waals surface area contributed by atoms with Crippen LogP contribution in [0, 0.1) is 0 Å². The number of halogens is 1. The summed E-state index contributed by atoms with van der Waals surface area (Å²) in [7, 11) is 1.71. The van der Waals surface area contributed by atoms with Crippen molar-refractivity contribution in [2.75, 3.05) is 7.11 Å². The van der Waals surface area contributed by atoms with E-state index in [0.29, 0.717) is 6.61 Å². The van der Waals surface area contributed by atoms with Gasteiger partial charge in [-0.15, -0.1) is 11.3 Å². The fourth-order valence-electron chi connectivity index (χ4n) is 1.87. The zero-order valence-electron chi connectivity index (χ0n) is 12.9. The number of ether oxygens (including phenoxy) is 1. The number of hydrogen-bond donors (Lipinski definition) is 1. The number of benzene rings is 1. The number of thiazole rings is 1. The zero-order chi connectivity index (χ0) is 15.5. The first-order valence-electron chi connectivity index (χ1n) is 6.88. The van der Waals surface area contributed by atoms with Gasteiger partial charge in [0.05, 0.1) is 12.3 Å². The van der Waals surface area contributed by atoms with Crippen molar-refractivity contribution in [2.24, 2.45) is 0 Å². The van der Waals surface area contributed by atoms with Crippen LogP contribution in [0.2, 0.25) is 0 Å². The molecule has 21 heavy (non-hydrogen) atoms. The maximum absolute atomic E-state index is 5.28. The quantitative estimate of drug-likeness (QED) is 0.836. The molecule has 0 fully saturated rings. The normalized spacial score (nSPS) is 11.9. The molecule has 2 aromatic rings. The molecular formula is C16H21BrN2OS. The molecule has 0 radical (unpaired) electrons. The lowest BCUT2D eigenvalue weighted by atomic mass is 10.1. The van der Waals surface area contributed by atoms with E-state index in [1.807, 2.05) is 18.2 Å². The lowest BCUT2D eigenvalue weighted by Gasteiger charge is -2.20. The van der Waals surface area contributed by atoms with Crippen molar-refractivity contribution in [1.82, 2.24) is 10.3 Å². The Labute approximate surface area is 138 Å². The third-order valence-corrected chi connectivity index (χ3v) is 4.77. The van der Waals surface area contributed by atoms with E-state index in [4.69, 9.17) is 9.72 Å². The van der Waals surface area contributed by atoms with Crippen LogP contribution in [-0.4, -0.2) is 17.6 Å². The zero-order valence-corrected chi connectivity index (χ0v) is 15.3. The second-order valence-electron chi connectivity index (χ2n) is 5.91.